The third-order valence-electron chi connectivity index (χ3n) is 5.46. The van der Waals surface area contributed by atoms with E-state index in [-0.39, 0.29) is 11.9 Å². The predicted octanol–water partition coefficient (Wildman–Crippen LogP) is 4.92. The van der Waals surface area contributed by atoms with Gasteiger partial charge in [-0.05, 0) is 43.1 Å². The molecule has 2 aromatic rings. The number of nitrogens with one attached hydrogen (secondary N) is 1. The van der Waals surface area contributed by atoms with Crippen LogP contribution < -0.4 is 19.5 Å². The third kappa shape index (κ3) is 5.37. The Morgan fingerprint density at radius 3 is 2.43 bits per heavy atom. The molecule has 3 rings (SSSR count). The molecule has 0 aliphatic carbocycles. The van der Waals surface area contributed by atoms with Gasteiger partial charge in [0.2, 0.25) is 5.91 Å². The van der Waals surface area contributed by atoms with Crippen LogP contribution in [0, 0.1) is 0 Å². The number of amides is 1. The lowest BCUT2D eigenvalue weighted by Gasteiger charge is -2.30. The highest BCUT2D eigenvalue weighted by Crippen LogP contribution is 2.36. The molecule has 1 saturated heterocycles. The van der Waals surface area contributed by atoms with Gasteiger partial charge in [0, 0.05) is 12.1 Å². The average molecular weight is 433 g/mol. The molecule has 1 atom stereocenters. The molecule has 162 valence electrons. The van der Waals surface area contributed by atoms with E-state index < -0.39 is 0 Å². The van der Waals surface area contributed by atoms with Crippen LogP contribution in [0.2, 0.25) is 5.02 Å². The van der Waals surface area contributed by atoms with Gasteiger partial charge in [-0.25, -0.2) is 0 Å². The van der Waals surface area contributed by atoms with Crippen LogP contribution in [0.3, 0.4) is 0 Å². The zero-order valence-corrected chi connectivity index (χ0v) is 18.5. The molecule has 0 saturated carbocycles. The van der Waals surface area contributed by atoms with Gasteiger partial charge in [-0.15, -0.1) is 0 Å². The Labute approximate surface area is 183 Å². The molecule has 1 aliphatic rings. The predicted molar refractivity (Wildman–Crippen MR) is 119 cm³/mol. The molecule has 1 aliphatic heterocycles. The van der Waals surface area contributed by atoms with E-state index in [1.54, 1.807) is 26.4 Å². The number of benzene rings is 2. The van der Waals surface area contributed by atoms with Gasteiger partial charge in [-0.3, -0.25) is 9.69 Å². The first-order chi connectivity index (χ1) is 14.5. The van der Waals surface area contributed by atoms with E-state index in [9.17, 15) is 4.79 Å². The number of ether oxygens (including phenoxy) is 3. The van der Waals surface area contributed by atoms with Crippen LogP contribution in [-0.4, -0.2) is 45.2 Å². The lowest BCUT2D eigenvalue weighted by molar-refractivity contribution is -0.117. The molecular formula is C23H29ClN2O4. The highest BCUT2D eigenvalue weighted by molar-refractivity contribution is 6.32. The third-order valence-corrected chi connectivity index (χ3v) is 5.75. The quantitative estimate of drug-likeness (QED) is 0.672. The smallest absolute Gasteiger partial charge is 0.238 e. The fourth-order valence-electron chi connectivity index (χ4n) is 3.89. The number of nitrogens with zero attached hydrogens (tertiary/aromatic N) is 1. The summed E-state index contributed by atoms with van der Waals surface area (Å²) >= 11 is 6.23. The van der Waals surface area contributed by atoms with E-state index in [1.807, 2.05) is 12.1 Å². The van der Waals surface area contributed by atoms with Crippen LogP contribution >= 0.6 is 11.6 Å². The Morgan fingerprint density at radius 1 is 1.03 bits per heavy atom. The molecule has 6 nitrogen and oxygen atoms in total. The molecule has 0 radical (unpaired) electrons. The van der Waals surface area contributed by atoms with E-state index in [2.05, 4.69) is 22.3 Å². The molecule has 30 heavy (non-hydrogen) atoms. The van der Waals surface area contributed by atoms with Crippen LogP contribution in [0.4, 0.5) is 5.69 Å². The van der Waals surface area contributed by atoms with Crippen molar-refractivity contribution < 1.29 is 19.0 Å². The molecule has 1 fully saturated rings. The second-order valence-electron chi connectivity index (χ2n) is 7.34. The van der Waals surface area contributed by atoms with E-state index in [1.165, 1.54) is 19.1 Å². The Balaban J connectivity index is 1.75. The fraction of sp³-hybridized carbons (Fsp3) is 0.435. The highest BCUT2D eigenvalue weighted by Gasteiger charge is 2.25. The van der Waals surface area contributed by atoms with Crippen LogP contribution in [0.1, 0.15) is 37.3 Å². The summed E-state index contributed by atoms with van der Waals surface area (Å²) in [7, 11) is 4.75. The van der Waals surface area contributed by atoms with Crippen molar-refractivity contribution in [2.24, 2.45) is 0 Å². The van der Waals surface area contributed by atoms with Gasteiger partial charge in [0.1, 0.15) is 17.2 Å². The number of anilines is 1. The minimum atomic E-state index is -0.102. The number of hydrogen-bond donors (Lipinski definition) is 1. The largest absolute Gasteiger partial charge is 0.497 e. The summed E-state index contributed by atoms with van der Waals surface area (Å²) in [5.41, 5.74) is 1.74. The Bertz CT molecular complexity index is 857. The molecule has 1 N–H and O–H groups in total. The molecule has 0 bridgehead atoms. The molecule has 1 amide bonds. The standard InChI is InChI=1S/C23H29ClN2O4/c1-28-17-10-8-16(9-11-17)20-7-5-4-6-12-26(20)15-23(27)25-19-13-18(24)21(29-2)14-22(19)30-3/h8-11,13-14,20H,4-7,12,15H2,1-3H3,(H,25,27)/t20-/m0/s1. The number of halogens is 1. The van der Waals surface area contributed by atoms with Crippen molar-refractivity contribution in [3.05, 3.63) is 47.0 Å². The van der Waals surface area contributed by atoms with Crippen molar-refractivity contribution in [2.45, 2.75) is 31.7 Å². The number of hydrogen-bond acceptors (Lipinski definition) is 5. The second-order valence-corrected chi connectivity index (χ2v) is 7.75. The lowest BCUT2D eigenvalue weighted by atomic mass is 10.0. The van der Waals surface area contributed by atoms with E-state index in [4.69, 9.17) is 25.8 Å². The number of rotatable bonds is 7. The average Bonchev–Trinajstić information content (AvgIpc) is 2.99. The SMILES string of the molecule is COc1ccc([C@@H]2CCCCCN2CC(=O)Nc2cc(Cl)c(OC)cc2OC)cc1. The maximum Gasteiger partial charge on any atom is 0.238 e. The minimum Gasteiger partial charge on any atom is -0.497 e. The summed E-state index contributed by atoms with van der Waals surface area (Å²) < 4.78 is 15.9. The molecular weight excluding hydrogens is 404 g/mol. The minimum absolute atomic E-state index is 0.102. The molecule has 1 heterocycles. The normalized spacial score (nSPS) is 17.1. The Morgan fingerprint density at radius 2 is 1.77 bits per heavy atom. The van der Waals surface area contributed by atoms with Crippen molar-refractivity contribution in [3.8, 4) is 17.2 Å². The zero-order valence-electron chi connectivity index (χ0n) is 17.7. The van der Waals surface area contributed by atoms with Crippen molar-refractivity contribution in [1.82, 2.24) is 4.90 Å². The van der Waals surface area contributed by atoms with Crippen LogP contribution in [0.5, 0.6) is 17.2 Å². The van der Waals surface area contributed by atoms with E-state index >= 15 is 0 Å². The van der Waals surface area contributed by atoms with Crippen LogP contribution in [0.15, 0.2) is 36.4 Å². The monoisotopic (exact) mass is 432 g/mol. The van der Waals surface area contributed by atoms with Gasteiger partial charge < -0.3 is 19.5 Å². The van der Waals surface area contributed by atoms with Crippen molar-refractivity contribution in [2.75, 3.05) is 39.7 Å². The summed E-state index contributed by atoms with van der Waals surface area (Å²) in [6, 6.07) is 11.7. The van der Waals surface area contributed by atoms with E-state index in [0.717, 1.165) is 31.6 Å². The number of methoxy groups -OCH3 is 3. The maximum atomic E-state index is 12.9. The van der Waals surface area contributed by atoms with Crippen LogP contribution in [-0.2, 0) is 4.79 Å². The summed E-state index contributed by atoms with van der Waals surface area (Å²) in [6.07, 6.45) is 4.43. The Kier molecular flexibility index (Phi) is 7.82. The van der Waals surface area contributed by atoms with Gasteiger partial charge in [-0.2, -0.15) is 0 Å². The van der Waals surface area contributed by atoms with Gasteiger partial charge >= 0.3 is 0 Å². The first-order valence-corrected chi connectivity index (χ1v) is 10.5. The maximum absolute atomic E-state index is 12.9. The molecule has 0 unspecified atom stereocenters. The summed E-state index contributed by atoms with van der Waals surface area (Å²) in [5.74, 6) is 1.74. The zero-order chi connectivity index (χ0) is 21.5. The summed E-state index contributed by atoms with van der Waals surface area (Å²) in [5, 5.41) is 3.36. The highest BCUT2D eigenvalue weighted by atomic mass is 35.5. The number of carbonyl (C=O) groups excluding carboxylic acids is 1. The van der Waals surface area contributed by atoms with Gasteiger partial charge in [0.15, 0.2) is 0 Å². The van der Waals surface area contributed by atoms with E-state index in [0.29, 0.717) is 28.8 Å². The number of carbonyl (C=O) groups is 1. The van der Waals surface area contributed by atoms with Crippen molar-refractivity contribution >= 4 is 23.2 Å². The van der Waals surface area contributed by atoms with Gasteiger partial charge in [0.05, 0.1) is 38.6 Å². The van der Waals surface area contributed by atoms with Crippen molar-refractivity contribution in [1.29, 1.82) is 0 Å². The fourth-order valence-corrected chi connectivity index (χ4v) is 4.13. The molecule has 7 heteroatoms. The first kappa shape index (κ1) is 22.2. The summed E-state index contributed by atoms with van der Waals surface area (Å²) in [4.78, 5) is 15.2. The molecule has 0 spiro atoms. The topological polar surface area (TPSA) is 60.0 Å². The lowest BCUT2D eigenvalue weighted by Crippen LogP contribution is -2.36. The summed E-state index contributed by atoms with van der Waals surface area (Å²) in [6.45, 7) is 1.17. The van der Waals surface area contributed by atoms with Crippen LogP contribution in [0.25, 0.3) is 0 Å². The molecule has 2 aromatic carbocycles. The second kappa shape index (κ2) is 10.5. The van der Waals surface area contributed by atoms with Gasteiger partial charge in [-0.1, -0.05) is 36.6 Å². The Hall–Kier alpha value is -2.44. The molecule has 0 aromatic heterocycles. The first-order valence-electron chi connectivity index (χ1n) is 10.1. The van der Waals surface area contributed by atoms with Crippen molar-refractivity contribution in [3.63, 3.8) is 0 Å². The van der Waals surface area contributed by atoms with Gasteiger partial charge in [0.25, 0.3) is 0 Å². The number of likely N-dealkylation sites (tertiary alicyclic amines) is 1.